The standard InChI is InChI=1S/C13H26N2O5/c1-13(2,3)15(6-5-11(17)18)12(19)14(7-9-16)8-10-20-4/h16H,5-10H2,1-4H3,(H,17,18). The first-order valence-corrected chi connectivity index (χ1v) is 6.62. The Bertz CT molecular complexity index is 314. The van der Waals surface area contributed by atoms with E-state index in [9.17, 15) is 9.59 Å². The summed E-state index contributed by atoms with van der Waals surface area (Å²) in [5.41, 5.74) is -0.493. The van der Waals surface area contributed by atoms with Crippen LogP contribution in [0, 0.1) is 0 Å². The van der Waals surface area contributed by atoms with E-state index < -0.39 is 11.5 Å². The summed E-state index contributed by atoms with van der Waals surface area (Å²) in [4.78, 5) is 26.2. The molecule has 0 spiro atoms. The molecule has 7 nitrogen and oxygen atoms in total. The number of aliphatic carboxylic acids is 1. The normalized spacial score (nSPS) is 11.2. The zero-order chi connectivity index (χ0) is 15.8. The van der Waals surface area contributed by atoms with E-state index in [0.29, 0.717) is 13.2 Å². The molecule has 2 N–H and O–H groups in total. The molecule has 0 radical (unpaired) electrons. The lowest BCUT2D eigenvalue weighted by Crippen LogP contribution is -2.53. The zero-order valence-corrected chi connectivity index (χ0v) is 12.8. The predicted molar refractivity (Wildman–Crippen MR) is 74.6 cm³/mol. The maximum absolute atomic E-state index is 12.5. The quantitative estimate of drug-likeness (QED) is 0.684. The number of carboxylic acids is 1. The molecule has 0 aromatic rings. The molecule has 20 heavy (non-hydrogen) atoms. The monoisotopic (exact) mass is 290 g/mol. The van der Waals surface area contributed by atoms with E-state index >= 15 is 0 Å². The van der Waals surface area contributed by atoms with Crippen LogP contribution in [0.25, 0.3) is 0 Å². The van der Waals surface area contributed by atoms with E-state index in [4.69, 9.17) is 14.9 Å². The highest BCUT2D eigenvalue weighted by Gasteiger charge is 2.30. The Labute approximate surface area is 120 Å². The van der Waals surface area contributed by atoms with Crippen molar-refractivity contribution in [3.05, 3.63) is 0 Å². The summed E-state index contributed by atoms with van der Waals surface area (Å²) < 4.78 is 4.94. The molecule has 0 heterocycles. The van der Waals surface area contributed by atoms with Crippen LogP contribution in [0.2, 0.25) is 0 Å². The maximum atomic E-state index is 12.5. The largest absolute Gasteiger partial charge is 0.481 e. The van der Waals surface area contributed by atoms with Gasteiger partial charge in [0.25, 0.3) is 0 Å². The van der Waals surface area contributed by atoms with Gasteiger partial charge < -0.3 is 24.7 Å². The summed E-state index contributed by atoms with van der Waals surface area (Å²) in [6.07, 6.45) is -0.111. The Hall–Kier alpha value is -1.34. The smallest absolute Gasteiger partial charge is 0.320 e. The number of amides is 2. The number of methoxy groups -OCH3 is 1. The molecule has 0 rings (SSSR count). The summed E-state index contributed by atoms with van der Waals surface area (Å²) in [5.74, 6) is -0.947. The Morgan fingerprint density at radius 1 is 1.15 bits per heavy atom. The third-order valence-corrected chi connectivity index (χ3v) is 2.80. The van der Waals surface area contributed by atoms with Crippen molar-refractivity contribution in [3.63, 3.8) is 0 Å². The van der Waals surface area contributed by atoms with Crippen LogP contribution in [-0.2, 0) is 9.53 Å². The van der Waals surface area contributed by atoms with Gasteiger partial charge in [-0.05, 0) is 20.8 Å². The first-order chi connectivity index (χ1) is 9.23. The minimum Gasteiger partial charge on any atom is -0.481 e. The number of carboxylic acid groups (broad SMARTS) is 1. The molecule has 0 fully saturated rings. The number of urea groups is 1. The van der Waals surface area contributed by atoms with E-state index in [0.717, 1.165) is 0 Å². The summed E-state index contributed by atoms with van der Waals surface area (Å²) in [6, 6.07) is -0.287. The molecule has 0 saturated carbocycles. The van der Waals surface area contributed by atoms with Crippen LogP contribution in [0.4, 0.5) is 4.79 Å². The van der Waals surface area contributed by atoms with Gasteiger partial charge in [0, 0.05) is 32.3 Å². The van der Waals surface area contributed by atoms with E-state index in [-0.39, 0.29) is 32.1 Å². The van der Waals surface area contributed by atoms with Crippen LogP contribution in [0.3, 0.4) is 0 Å². The number of hydrogen-bond acceptors (Lipinski definition) is 4. The van der Waals surface area contributed by atoms with Crippen molar-refractivity contribution < 1.29 is 24.5 Å². The van der Waals surface area contributed by atoms with Gasteiger partial charge in [-0.2, -0.15) is 0 Å². The molecular formula is C13H26N2O5. The molecule has 0 atom stereocenters. The second-order valence-corrected chi connectivity index (χ2v) is 5.45. The number of ether oxygens (including phenoxy) is 1. The molecule has 0 aromatic carbocycles. The SMILES string of the molecule is COCCN(CCO)C(=O)N(CCC(=O)O)C(C)(C)C. The van der Waals surface area contributed by atoms with Gasteiger partial charge in [-0.25, -0.2) is 4.79 Å². The van der Waals surface area contributed by atoms with Crippen LogP contribution in [0.5, 0.6) is 0 Å². The van der Waals surface area contributed by atoms with Crippen LogP contribution in [0.1, 0.15) is 27.2 Å². The Morgan fingerprint density at radius 3 is 2.15 bits per heavy atom. The fourth-order valence-electron chi connectivity index (χ4n) is 1.72. The molecular weight excluding hydrogens is 264 g/mol. The topological polar surface area (TPSA) is 90.3 Å². The number of nitrogens with zero attached hydrogens (tertiary/aromatic N) is 2. The van der Waals surface area contributed by atoms with Crippen molar-refractivity contribution in [1.29, 1.82) is 0 Å². The van der Waals surface area contributed by atoms with Gasteiger partial charge in [-0.1, -0.05) is 0 Å². The average Bonchev–Trinajstić information content (AvgIpc) is 2.32. The van der Waals surface area contributed by atoms with Crippen molar-refractivity contribution in [1.82, 2.24) is 9.80 Å². The average molecular weight is 290 g/mol. The zero-order valence-electron chi connectivity index (χ0n) is 12.8. The minimum atomic E-state index is -0.947. The Morgan fingerprint density at radius 2 is 1.75 bits per heavy atom. The van der Waals surface area contributed by atoms with Crippen molar-refractivity contribution in [3.8, 4) is 0 Å². The van der Waals surface area contributed by atoms with Gasteiger partial charge in [-0.3, -0.25) is 4.79 Å². The first kappa shape index (κ1) is 18.7. The van der Waals surface area contributed by atoms with Gasteiger partial charge in [0.05, 0.1) is 19.6 Å². The molecule has 0 aliphatic rings. The number of rotatable bonds is 8. The Kier molecular flexibility index (Phi) is 8.17. The van der Waals surface area contributed by atoms with Crippen molar-refractivity contribution in [2.75, 3.05) is 40.0 Å². The number of carbonyl (C=O) groups is 2. The van der Waals surface area contributed by atoms with Crippen molar-refractivity contribution in [2.45, 2.75) is 32.7 Å². The van der Waals surface area contributed by atoms with Crippen molar-refractivity contribution >= 4 is 12.0 Å². The molecule has 0 aromatic heterocycles. The third kappa shape index (κ3) is 6.72. The van der Waals surface area contributed by atoms with Gasteiger partial charge >= 0.3 is 12.0 Å². The molecule has 0 aliphatic heterocycles. The minimum absolute atomic E-state index is 0.111. The molecule has 0 saturated heterocycles. The van der Waals surface area contributed by atoms with Crippen LogP contribution in [0.15, 0.2) is 0 Å². The maximum Gasteiger partial charge on any atom is 0.320 e. The van der Waals surface area contributed by atoms with Crippen LogP contribution in [-0.4, -0.2) is 77.5 Å². The lowest BCUT2D eigenvalue weighted by atomic mass is 10.1. The third-order valence-electron chi connectivity index (χ3n) is 2.80. The summed E-state index contributed by atoms with van der Waals surface area (Å²) in [7, 11) is 1.54. The van der Waals surface area contributed by atoms with Gasteiger partial charge in [-0.15, -0.1) is 0 Å². The summed E-state index contributed by atoms with van der Waals surface area (Å²) >= 11 is 0. The second kappa shape index (κ2) is 8.76. The molecule has 0 aliphatic carbocycles. The van der Waals surface area contributed by atoms with Crippen LogP contribution < -0.4 is 0 Å². The van der Waals surface area contributed by atoms with Gasteiger partial charge in [0.2, 0.25) is 0 Å². The molecule has 0 bridgehead atoms. The highest BCUT2D eigenvalue weighted by molar-refractivity contribution is 5.76. The van der Waals surface area contributed by atoms with Crippen LogP contribution >= 0.6 is 0 Å². The molecule has 118 valence electrons. The predicted octanol–water partition coefficient (Wildman–Crippen LogP) is 0.622. The lowest BCUT2D eigenvalue weighted by Gasteiger charge is -2.39. The van der Waals surface area contributed by atoms with Gasteiger partial charge in [0.15, 0.2) is 0 Å². The lowest BCUT2D eigenvalue weighted by molar-refractivity contribution is -0.137. The molecule has 7 heteroatoms. The number of hydrogen-bond donors (Lipinski definition) is 2. The number of carbonyl (C=O) groups excluding carboxylic acids is 1. The number of aliphatic hydroxyl groups is 1. The highest BCUT2D eigenvalue weighted by Crippen LogP contribution is 2.16. The van der Waals surface area contributed by atoms with E-state index in [1.807, 2.05) is 20.8 Å². The van der Waals surface area contributed by atoms with Crippen molar-refractivity contribution in [2.24, 2.45) is 0 Å². The fraction of sp³-hybridized carbons (Fsp3) is 0.846. The van der Waals surface area contributed by atoms with Gasteiger partial charge in [0.1, 0.15) is 0 Å². The Balaban J connectivity index is 4.91. The first-order valence-electron chi connectivity index (χ1n) is 6.62. The molecule has 2 amide bonds. The summed E-state index contributed by atoms with van der Waals surface area (Å²) in [6.45, 7) is 6.44. The van der Waals surface area contributed by atoms with E-state index in [1.54, 1.807) is 0 Å². The second-order valence-electron chi connectivity index (χ2n) is 5.45. The fourth-order valence-corrected chi connectivity index (χ4v) is 1.72. The van der Waals surface area contributed by atoms with E-state index in [2.05, 4.69) is 0 Å². The highest BCUT2D eigenvalue weighted by atomic mass is 16.5. The number of aliphatic hydroxyl groups excluding tert-OH is 1. The summed E-state index contributed by atoms with van der Waals surface area (Å²) in [5, 5.41) is 17.8. The molecule has 0 unspecified atom stereocenters. The van der Waals surface area contributed by atoms with E-state index in [1.165, 1.54) is 16.9 Å².